The van der Waals surface area contributed by atoms with Gasteiger partial charge >= 0.3 is 11.9 Å². The second-order valence-electron chi connectivity index (χ2n) is 9.08. The predicted molar refractivity (Wildman–Crippen MR) is 123 cm³/mol. The molecule has 3 heterocycles. The summed E-state index contributed by atoms with van der Waals surface area (Å²) in [5.74, 6) is -0.777. The number of piperazine rings is 1. The van der Waals surface area contributed by atoms with Crippen molar-refractivity contribution in [1.82, 2.24) is 15.3 Å². The van der Waals surface area contributed by atoms with Crippen LogP contribution in [0.25, 0.3) is 0 Å². The minimum atomic E-state index is -1.18. The summed E-state index contributed by atoms with van der Waals surface area (Å²) < 4.78 is 6.23. The first-order valence-electron chi connectivity index (χ1n) is 11.8. The van der Waals surface area contributed by atoms with Crippen LogP contribution in [-0.2, 0) is 29.7 Å². The number of rotatable bonds is 5. The summed E-state index contributed by atoms with van der Waals surface area (Å²) in [5.41, 5.74) is 0.466. The van der Waals surface area contributed by atoms with E-state index >= 15 is 0 Å². The number of hydroxylamine groups is 2. The van der Waals surface area contributed by atoms with Gasteiger partial charge in [-0.3, -0.25) is 14.4 Å². The fourth-order valence-electron chi connectivity index (χ4n) is 5.51. The number of hydrogen-bond donors (Lipinski definition) is 1. The van der Waals surface area contributed by atoms with E-state index in [1.807, 2.05) is 65.6 Å². The average molecular weight is 464 g/mol. The molecule has 3 saturated heterocycles. The first kappa shape index (κ1) is 22.7. The Hall–Kier alpha value is -3.07. The van der Waals surface area contributed by atoms with Gasteiger partial charge in [0, 0.05) is 50.1 Å². The molecule has 5 rings (SSSR count). The molecule has 8 heteroatoms. The number of benzene rings is 2. The number of ether oxygens (including phenoxy) is 1. The molecule has 0 radical (unpaired) electrons. The Morgan fingerprint density at radius 3 is 2.12 bits per heavy atom. The second-order valence-corrected chi connectivity index (χ2v) is 9.08. The molecule has 2 atom stereocenters. The van der Waals surface area contributed by atoms with Crippen molar-refractivity contribution in [3.8, 4) is 0 Å². The number of nitrogens with zero attached hydrogens (tertiary/aromatic N) is 2. The summed E-state index contributed by atoms with van der Waals surface area (Å²) in [6.07, 6.45) is 1.19. The minimum absolute atomic E-state index is 0.0919. The first-order valence-corrected chi connectivity index (χ1v) is 11.8. The van der Waals surface area contributed by atoms with Crippen molar-refractivity contribution in [2.45, 2.75) is 37.6 Å². The van der Waals surface area contributed by atoms with E-state index in [1.165, 1.54) is 6.92 Å². The molecule has 0 bridgehead atoms. The summed E-state index contributed by atoms with van der Waals surface area (Å²) in [4.78, 5) is 45.6. The Kier molecular flexibility index (Phi) is 6.20. The third-order valence-corrected chi connectivity index (χ3v) is 7.00. The van der Waals surface area contributed by atoms with Gasteiger partial charge < -0.3 is 14.9 Å². The van der Waals surface area contributed by atoms with Crippen molar-refractivity contribution < 1.29 is 24.0 Å². The maximum atomic E-state index is 13.9. The molecular weight excluding hydrogens is 434 g/mol. The van der Waals surface area contributed by atoms with Crippen molar-refractivity contribution in [2.75, 3.05) is 26.2 Å². The monoisotopic (exact) mass is 463 g/mol. The van der Waals surface area contributed by atoms with Gasteiger partial charge in [-0.2, -0.15) is 0 Å². The molecular formula is C26H29N3O5. The summed E-state index contributed by atoms with van der Waals surface area (Å²) in [5, 5.41) is 4.91. The quantitative estimate of drug-likeness (QED) is 0.673. The summed E-state index contributed by atoms with van der Waals surface area (Å²) in [6, 6.07) is 18.2. The molecule has 34 heavy (non-hydrogen) atoms. The van der Waals surface area contributed by atoms with Crippen molar-refractivity contribution >= 4 is 17.7 Å². The zero-order chi connectivity index (χ0) is 23.7. The van der Waals surface area contributed by atoms with Crippen molar-refractivity contribution in [3.05, 3.63) is 71.8 Å². The highest BCUT2D eigenvalue weighted by Gasteiger charge is 2.60. The van der Waals surface area contributed by atoms with Crippen LogP contribution in [0.15, 0.2) is 60.7 Å². The van der Waals surface area contributed by atoms with Gasteiger partial charge in [0.1, 0.15) is 6.04 Å². The molecule has 0 aliphatic carbocycles. The van der Waals surface area contributed by atoms with E-state index in [4.69, 9.17) is 9.57 Å². The zero-order valence-electron chi connectivity index (χ0n) is 19.2. The molecule has 1 N–H and O–H groups in total. The Bertz CT molecular complexity index is 1010. The van der Waals surface area contributed by atoms with Gasteiger partial charge in [-0.1, -0.05) is 60.7 Å². The van der Waals surface area contributed by atoms with Crippen LogP contribution in [-0.4, -0.2) is 65.9 Å². The fourth-order valence-corrected chi connectivity index (χ4v) is 5.51. The van der Waals surface area contributed by atoms with Gasteiger partial charge in [0.05, 0.1) is 6.04 Å². The maximum Gasteiger partial charge on any atom is 0.327 e. The van der Waals surface area contributed by atoms with Crippen LogP contribution in [0.5, 0.6) is 0 Å². The highest BCUT2D eigenvalue weighted by molar-refractivity contribution is 5.89. The number of fused-ring (bicyclic) bond motifs is 1. The zero-order valence-corrected chi connectivity index (χ0v) is 19.2. The largest absolute Gasteiger partial charge is 0.434 e. The number of ketones is 1. The molecule has 0 aromatic heterocycles. The van der Waals surface area contributed by atoms with Gasteiger partial charge in [-0.05, 0) is 12.8 Å². The van der Waals surface area contributed by atoms with Gasteiger partial charge in [0.25, 0.3) is 0 Å². The van der Waals surface area contributed by atoms with E-state index in [0.29, 0.717) is 39.0 Å². The van der Waals surface area contributed by atoms with Crippen LogP contribution in [0, 0.1) is 5.92 Å². The Morgan fingerprint density at radius 1 is 0.971 bits per heavy atom. The highest BCUT2D eigenvalue weighted by atomic mass is 16.7. The lowest BCUT2D eigenvalue weighted by atomic mass is 9.84. The first-order chi connectivity index (χ1) is 16.5. The topological polar surface area (TPSA) is 88.2 Å². The lowest BCUT2D eigenvalue weighted by Crippen LogP contribution is -2.65. The molecule has 3 aliphatic heterocycles. The lowest BCUT2D eigenvalue weighted by molar-refractivity contribution is -0.194. The minimum Gasteiger partial charge on any atom is -0.434 e. The average Bonchev–Trinajstić information content (AvgIpc) is 3.18. The number of piperidine rings is 1. The van der Waals surface area contributed by atoms with E-state index in [0.717, 1.165) is 11.1 Å². The molecule has 2 aromatic carbocycles. The van der Waals surface area contributed by atoms with Crippen molar-refractivity contribution in [3.63, 3.8) is 0 Å². The standard InChI is InChI=1S/C26H29N3O5/c1-18(30)34-28-14-12-19(13-15-28)24(31)22-16-27-17-23-25(32)33-26(29(22)23,20-8-4-2-5-9-20)21-10-6-3-7-11-21/h2-11,19,22-23,27H,12-17H2,1H3. The number of nitrogens with one attached hydrogen (secondary N) is 1. The number of carbonyl (C=O) groups excluding carboxylic acids is 3. The van der Waals surface area contributed by atoms with Gasteiger partial charge in [-0.25, -0.2) is 4.90 Å². The number of hydrogen-bond acceptors (Lipinski definition) is 8. The van der Waals surface area contributed by atoms with E-state index in [9.17, 15) is 14.4 Å². The van der Waals surface area contributed by atoms with E-state index in [1.54, 1.807) is 5.06 Å². The van der Waals surface area contributed by atoms with Crippen molar-refractivity contribution in [1.29, 1.82) is 0 Å². The third-order valence-electron chi connectivity index (χ3n) is 7.00. The molecule has 8 nitrogen and oxygen atoms in total. The van der Waals surface area contributed by atoms with Crippen LogP contribution >= 0.6 is 0 Å². The number of cyclic esters (lactones) is 1. The molecule has 3 aliphatic rings. The lowest BCUT2D eigenvalue weighted by Gasteiger charge is -2.46. The van der Waals surface area contributed by atoms with E-state index in [2.05, 4.69) is 5.32 Å². The number of carbonyl (C=O) groups is 3. The molecule has 2 unspecified atom stereocenters. The van der Waals surface area contributed by atoms with Gasteiger partial charge in [-0.15, -0.1) is 5.06 Å². The normalized spacial score (nSPS) is 25.4. The van der Waals surface area contributed by atoms with E-state index < -0.39 is 17.8 Å². The Morgan fingerprint density at radius 2 is 1.56 bits per heavy atom. The number of esters is 1. The molecule has 2 aromatic rings. The van der Waals surface area contributed by atoms with Crippen molar-refractivity contribution in [2.24, 2.45) is 5.92 Å². The molecule has 0 spiro atoms. The van der Waals surface area contributed by atoms with E-state index in [-0.39, 0.29) is 23.6 Å². The van der Waals surface area contributed by atoms with Crippen LogP contribution in [0.1, 0.15) is 30.9 Å². The summed E-state index contributed by atoms with van der Waals surface area (Å²) >= 11 is 0. The Labute approximate surface area is 198 Å². The van der Waals surface area contributed by atoms with Crippen LogP contribution in [0.3, 0.4) is 0 Å². The highest BCUT2D eigenvalue weighted by Crippen LogP contribution is 2.46. The second kappa shape index (κ2) is 9.29. The molecule has 0 saturated carbocycles. The van der Waals surface area contributed by atoms with Crippen LogP contribution < -0.4 is 5.32 Å². The van der Waals surface area contributed by atoms with Gasteiger partial charge in [0.15, 0.2) is 5.78 Å². The van der Waals surface area contributed by atoms with Crippen LogP contribution in [0.4, 0.5) is 0 Å². The molecule has 3 fully saturated rings. The van der Waals surface area contributed by atoms with Crippen LogP contribution in [0.2, 0.25) is 0 Å². The smallest absolute Gasteiger partial charge is 0.327 e. The summed E-state index contributed by atoms with van der Waals surface area (Å²) in [6.45, 7) is 3.27. The SMILES string of the molecule is CC(=O)ON1CCC(C(=O)C2CNCC3C(=O)OC(c4ccccc4)(c4ccccc4)N32)CC1. The predicted octanol–water partition coefficient (Wildman–Crippen LogP) is 1.85. The number of Topliss-reactive ketones (excluding diaryl/α,β-unsaturated/α-hetero) is 1. The maximum absolute atomic E-state index is 13.9. The fraction of sp³-hybridized carbons (Fsp3) is 0.423. The Balaban J connectivity index is 1.51. The summed E-state index contributed by atoms with van der Waals surface area (Å²) in [7, 11) is 0. The van der Waals surface area contributed by atoms with Gasteiger partial charge in [0.2, 0.25) is 5.72 Å². The molecule has 0 amide bonds. The third kappa shape index (κ3) is 3.91. The molecule has 178 valence electrons.